The monoisotopic (exact) mass is 283 g/mol. The molecule has 1 aliphatic carbocycles. The van der Waals surface area contributed by atoms with E-state index in [1.54, 1.807) is 6.07 Å². The first-order valence-electron chi connectivity index (χ1n) is 6.63. The summed E-state index contributed by atoms with van der Waals surface area (Å²) in [6, 6.07) is 5.52. The Morgan fingerprint density at radius 2 is 2.05 bits per heavy atom. The third-order valence-corrected chi connectivity index (χ3v) is 4.37. The van der Waals surface area contributed by atoms with Gasteiger partial charge in [-0.1, -0.05) is 19.4 Å². The Kier molecular flexibility index (Phi) is 4.01. The predicted octanol–water partition coefficient (Wildman–Crippen LogP) is 1.69. The van der Waals surface area contributed by atoms with Gasteiger partial charge in [-0.3, -0.25) is 0 Å². The number of para-hydroxylation sites is 1. The van der Waals surface area contributed by atoms with E-state index in [2.05, 4.69) is 11.8 Å². The van der Waals surface area contributed by atoms with Crippen molar-refractivity contribution < 1.29 is 8.42 Å². The van der Waals surface area contributed by atoms with Crippen LogP contribution in [-0.4, -0.2) is 21.0 Å². The summed E-state index contributed by atoms with van der Waals surface area (Å²) >= 11 is 0. The second kappa shape index (κ2) is 5.38. The molecule has 0 aliphatic heterocycles. The van der Waals surface area contributed by atoms with Gasteiger partial charge in [0.05, 0.1) is 11.4 Å². The van der Waals surface area contributed by atoms with Crippen molar-refractivity contribution in [2.24, 2.45) is 5.14 Å². The van der Waals surface area contributed by atoms with Gasteiger partial charge in [0, 0.05) is 12.6 Å². The van der Waals surface area contributed by atoms with Gasteiger partial charge in [-0.2, -0.15) is 0 Å². The number of benzene rings is 1. The first kappa shape index (κ1) is 14.1. The molecule has 0 amide bonds. The van der Waals surface area contributed by atoms with Gasteiger partial charge in [0.2, 0.25) is 10.0 Å². The van der Waals surface area contributed by atoms with Crippen LogP contribution in [0.25, 0.3) is 0 Å². The summed E-state index contributed by atoms with van der Waals surface area (Å²) in [7, 11) is -3.77. The molecule has 0 saturated heterocycles. The minimum Gasteiger partial charge on any atom is -0.396 e. The average molecular weight is 283 g/mol. The molecule has 0 radical (unpaired) electrons. The number of unbranched alkanes of at least 4 members (excludes halogenated alkanes) is 1. The molecule has 4 N–H and O–H groups in total. The SMILES string of the molecule is CCCCN(c1cccc(S(N)(=O)=O)c1N)C1CC1. The van der Waals surface area contributed by atoms with Gasteiger partial charge in [-0.05, 0) is 31.4 Å². The Bertz CT molecular complexity index is 553. The minimum atomic E-state index is -3.77. The van der Waals surface area contributed by atoms with E-state index >= 15 is 0 Å². The Labute approximate surface area is 114 Å². The van der Waals surface area contributed by atoms with Crippen LogP contribution in [-0.2, 0) is 10.0 Å². The van der Waals surface area contributed by atoms with Crippen LogP contribution in [0.15, 0.2) is 23.1 Å². The molecule has 0 aromatic heterocycles. The largest absolute Gasteiger partial charge is 0.396 e. The van der Waals surface area contributed by atoms with Crippen molar-refractivity contribution in [3.8, 4) is 0 Å². The lowest BCUT2D eigenvalue weighted by atomic mass is 10.2. The van der Waals surface area contributed by atoms with Crippen LogP contribution in [0.5, 0.6) is 0 Å². The molecule has 0 unspecified atom stereocenters. The molecule has 1 saturated carbocycles. The van der Waals surface area contributed by atoms with Crippen molar-refractivity contribution in [3.63, 3.8) is 0 Å². The smallest absolute Gasteiger partial charge is 0.240 e. The molecule has 0 atom stereocenters. The minimum absolute atomic E-state index is 0.0205. The molecule has 0 heterocycles. The molecule has 1 fully saturated rings. The summed E-state index contributed by atoms with van der Waals surface area (Å²) in [5.41, 5.74) is 7.07. The molecule has 5 nitrogen and oxygen atoms in total. The third-order valence-electron chi connectivity index (χ3n) is 3.40. The molecule has 6 heteroatoms. The van der Waals surface area contributed by atoms with Crippen molar-refractivity contribution in [1.29, 1.82) is 0 Å². The molecule has 106 valence electrons. The van der Waals surface area contributed by atoms with Crippen molar-refractivity contribution in [1.82, 2.24) is 0 Å². The predicted molar refractivity (Wildman–Crippen MR) is 77.5 cm³/mol. The highest BCUT2D eigenvalue weighted by molar-refractivity contribution is 7.89. The lowest BCUT2D eigenvalue weighted by Crippen LogP contribution is -2.28. The van der Waals surface area contributed by atoms with Crippen molar-refractivity contribution in [2.45, 2.75) is 43.5 Å². The number of rotatable bonds is 6. The Balaban J connectivity index is 2.37. The van der Waals surface area contributed by atoms with Crippen LogP contribution in [0.1, 0.15) is 32.6 Å². The standard InChI is InChI=1S/C13H21N3O2S/c1-2-3-9-16(10-7-8-10)11-5-4-6-12(13(11)14)19(15,17)18/h4-6,10H,2-3,7-9,14H2,1H3,(H2,15,17,18). The molecule has 1 aromatic rings. The highest BCUT2D eigenvalue weighted by Gasteiger charge is 2.30. The molecule has 19 heavy (non-hydrogen) atoms. The summed E-state index contributed by atoms with van der Waals surface area (Å²) in [6.07, 6.45) is 4.44. The fraction of sp³-hybridized carbons (Fsp3) is 0.538. The number of hydrogen-bond acceptors (Lipinski definition) is 4. The highest BCUT2D eigenvalue weighted by Crippen LogP contribution is 2.37. The summed E-state index contributed by atoms with van der Waals surface area (Å²) in [5.74, 6) is 0. The second-order valence-electron chi connectivity index (χ2n) is 5.01. The third kappa shape index (κ3) is 3.19. The number of anilines is 2. The quantitative estimate of drug-likeness (QED) is 0.777. The Morgan fingerprint density at radius 3 is 2.58 bits per heavy atom. The van der Waals surface area contributed by atoms with Crippen LogP contribution < -0.4 is 15.8 Å². The fourth-order valence-electron chi connectivity index (χ4n) is 2.25. The maximum Gasteiger partial charge on any atom is 0.240 e. The first-order chi connectivity index (χ1) is 8.95. The number of sulfonamides is 1. The molecule has 2 rings (SSSR count). The molecule has 1 aliphatic rings. The van der Waals surface area contributed by atoms with Gasteiger partial charge < -0.3 is 10.6 Å². The van der Waals surface area contributed by atoms with Crippen LogP contribution in [0, 0.1) is 0 Å². The normalized spacial score (nSPS) is 15.5. The number of nitrogens with two attached hydrogens (primary N) is 2. The molecule has 0 bridgehead atoms. The van der Waals surface area contributed by atoms with E-state index < -0.39 is 10.0 Å². The van der Waals surface area contributed by atoms with Crippen molar-refractivity contribution in [3.05, 3.63) is 18.2 Å². The van der Waals surface area contributed by atoms with E-state index in [0.29, 0.717) is 6.04 Å². The van der Waals surface area contributed by atoms with Gasteiger partial charge in [-0.25, -0.2) is 13.6 Å². The van der Waals surface area contributed by atoms with E-state index in [1.165, 1.54) is 6.07 Å². The second-order valence-corrected chi connectivity index (χ2v) is 6.54. The van der Waals surface area contributed by atoms with Crippen LogP contribution in [0.4, 0.5) is 11.4 Å². The number of nitrogens with zero attached hydrogens (tertiary/aromatic N) is 1. The number of nitrogen functional groups attached to an aromatic ring is 1. The van der Waals surface area contributed by atoms with Gasteiger partial charge in [-0.15, -0.1) is 0 Å². The summed E-state index contributed by atoms with van der Waals surface area (Å²) < 4.78 is 23.0. The Morgan fingerprint density at radius 1 is 1.37 bits per heavy atom. The zero-order valence-electron chi connectivity index (χ0n) is 11.2. The van der Waals surface area contributed by atoms with Crippen LogP contribution in [0.2, 0.25) is 0 Å². The van der Waals surface area contributed by atoms with Gasteiger partial charge >= 0.3 is 0 Å². The number of hydrogen-bond donors (Lipinski definition) is 2. The number of primary sulfonamides is 1. The summed E-state index contributed by atoms with van der Waals surface area (Å²) in [4.78, 5) is 2.24. The molecular weight excluding hydrogens is 262 g/mol. The maximum atomic E-state index is 11.5. The summed E-state index contributed by atoms with van der Waals surface area (Å²) in [5, 5.41) is 5.19. The summed E-state index contributed by atoms with van der Waals surface area (Å²) in [6.45, 7) is 3.04. The molecule has 1 aromatic carbocycles. The topological polar surface area (TPSA) is 89.4 Å². The average Bonchev–Trinajstić information content (AvgIpc) is 3.14. The van der Waals surface area contributed by atoms with E-state index in [9.17, 15) is 8.42 Å². The first-order valence-corrected chi connectivity index (χ1v) is 8.17. The van der Waals surface area contributed by atoms with E-state index in [0.717, 1.165) is 37.9 Å². The van der Waals surface area contributed by atoms with Crippen molar-refractivity contribution in [2.75, 3.05) is 17.2 Å². The fourth-order valence-corrected chi connectivity index (χ4v) is 2.92. The van der Waals surface area contributed by atoms with Gasteiger partial charge in [0.25, 0.3) is 0 Å². The van der Waals surface area contributed by atoms with Gasteiger partial charge in [0.15, 0.2) is 0 Å². The zero-order valence-corrected chi connectivity index (χ0v) is 12.0. The van der Waals surface area contributed by atoms with E-state index in [-0.39, 0.29) is 10.6 Å². The molecule has 0 spiro atoms. The van der Waals surface area contributed by atoms with Gasteiger partial charge in [0.1, 0.15) is 4.90 Å². The van der Waals surface area contributed by atoms with E-state index in [4.69, 9.17) is 10.9 Å². The van der Waals surface area contributed by atoms with E-state index in [1.807, 2.05) is 6.07 Å². The van der Waals surface area contributed by atoms with Crippen LogP contribution in [0.3, 0.4) is 0 Å². The lowest BCUT2D eigenvalue weighted by Gasteiger charge is -2.26. The maximum absolute atomic E-state index is 11.5. The highest BCUT2D eigenvalue weighted by atomic mass is 32.2. The zero-order chi connectivity index (χ0) is 14.0. The van der Waals surface area contributed by atoms with Crippen LogP contribution >= 0.6 is 0 Å². The Hall–Kier alpha value is -1.27. The van der Waals surface area contributed by atoms with Crippen molar-refractivity contribution >= 4 is 21.4 Å². The lowest BCUT2D eigenvalue weighted by molar-refractivity contribution is 0.598. The molecular formula is C13H21N3O2S.